The van der Waals surface area contributed by atoms with Gasteiger partial charge in [-0.15, -0.1) is 0 Å². The van der Waals surface area contributed by atoms with Crippen molar-refractivity contribution < 1.29 is 13.9 Å². The van der Waals surface area contributed by atoms with E-state index in [9.17, 15) is 9.59 Å². The fraction of sp³-hybridized carbons (Fsp3) is 0.250. The van der Waals surface area contributed by atoms with Crippen LogP contribution in [-0.4, -0.2) is 27.2 Å². The van der Waals surface area contributed by atoms with E-state index in [0.717, 1.165) is 16.8 Å². The highest BCUT2D eigenvalue weighted by atomic mass is 16.5. The minimum atomic E-state index is -0.754. The Morgan fingerprint density at radius 1 is 1.25 bits per heavy atom. The maximum atomic E-state index is 12.9. The van der Waals surface area contributed by atoms with Gasteiger partial charge in [-0.25, -0.2) is 4.68 Å². The molecule has 1 atom stereocenters. The van der Waals surface area contributed by atoms with Crippen LogP contribution in [0, 0.1) is 6.92 Å². The molecule has 8 nitrogen and oxygen atoms in total. The molecule has 0 saturated carbocycles. The van der Waals surface area contributed by atoms with Crippen LogP contribution in [0.1, 0.15) is 24.4 Å². The maximum absolute atomic E-state index is 12.9. The topological polar surface area (TPSA) is 90.8 Å². The number of methoxy groups -OCH3 is 1. The molecule has 0 spiro atoms. The predicted octanol–water partition coefficient (Wildman–Crippen LogP) is 2.44. The van der Waals surface area contributed by atoms with Gasteiger partial charge < -0.3 is 14.5 Å². The first-order chi connectivity index (χ1) is 13.5. The Balaban J connectivity index is 1.58. The largest absolute Gasteiger partial charge is 0.497 e. The summed E-state index contributed by atoms with van der Waals surface area (Å²) in [4.78, 5) is 25.5. The summed E-state index contributed by atoms with van der Waals surface area (Å²) in [6, 6.07) is 10.1. The maximum Gasteiger partial charge on any atom is 0.291 e. The van der Waals surface area contributed by atoms with E-state index in [0.29, 0.717) is 23.5 Å². The lowest BCUT2D eigenvalue weighted by Crippen LogP contribution is -2.38. The third kappa shape index (κ3) is 2.92. The average Bonchev–Trinajstić information content (AvgIpc) is 3.30. The van der Waals surface area contributed by atoms with Gasteiger partial charge in [0.1, 0.15) is 23.1 Å². The van der Waals surface area contributed by atoms with Crippen molar-refractivity contribution in [1.29, 1.82) is 0 Å². The normalized spacial score (nSPS) is 12.4. The van der Waals surface area contributed by atoms with Gasteiger partial charge in [-0.05, 0) is 31.5 Å². The Morgan fingerprint density at radius 2 is 2.00 bits per heavy atom. The molecule has 8 heteroatoms. The van der Waals surface area contributed by atoms with Crippen molar-refractivity contribution in [3.8, 4) is 5.75 Å². The number of carbonyl (C=O) groups is 1. The molecule has 0 aliphatic rings. The molecule has 0 bridgehead atoms. The highest BCUT2D eigenvalue weighted by molar-refractivity contribution is 5.83. The second kappa shape index (κ2) is 6.88. The zero-order valence-electron chi connectivity index (χ0n) is 15.8. The van der Waals surface area contributed by atoms with Crippen molar-refractivity contribution in [2.24, 2.45) is 0 Å². The van der Waals surface area contributed by atoms with Crippen LogP contribution in [0.15, 0.2) is 51.9 Å². The van der Waals surface area contributed by atoms with Gasteiger partial charge in [0.25, 0.3) is 5.56 Å². The Labute approximate surface area is 160 Å². The Bertz CT molecular complexity index is 1220. The number of fused-ring (bicyclic) bond motifs is 3. The standard InChI is InChI=1S/C20H20N4O4/c1-12(19(25)21-11-14-4-6-15(27-3)7-5-14)24-20(26)17-10-18-16(8-9-28-18)23(17)13(2)22-24/h4-10,12H,11H2,1-3H3,(H,21,25)/t12-/m0/s1. The third-order valence-electron chi connectivity index (χ3n) is 4.80. The van der Waals surface area contributed by atoms with Gasteiger partial charge in [-0.1, -0.05) is 12.1 Å². The summed E-state index contributed by atoms with van der Waals surface area (Å²) in [7, 11) is 1.60. The van der Waals surface area contributed by atoms with Crippen LogP contribution in [0.5, 0.6) is 5.75 Å². The number of hydrogen-bond acceptors (Lipinski definition) is 5. The lowest BCUT2D eigenvalue weighted by Gasteiger charge is -2.15. The second-order valence-electron chi connectivity index (χ2n) is 6.57. The molecule has 0 fully saturated rings. The zero-order valence-corrected chi connectivity index (χ0v) is 15.8. The molecule has 0 radical (unpaired) electrons. The number of aryl methyl sites for hydroxylation is 1. The first kappa shape index (κ1) is 17.8. The predicted molar refractivity (Wildman–Crippen MR) is 104 cm³/mol. The third-order valence-corrected chi connectivity index (χ3v) is 4.80. The van der Waals surface area contributed by atoms with E-state index in [1.807, 2.05) is 24.3 Å². The van der Waals surface area contributed by atoms with E-state index < -0.39 is 6.04 Å². The van der Waals surface area contributed by atoms with Crippen molar-refractivity contribution in [3.05, 3.63) is 64.4 Å². The molecule has 4 aromatic rings. The molecule has 0 aliphatic carbocycles. The number of carbonyl (C=O) groups excluding carboxylic acids is 1. The minimum absolute atomic E-state index is 0.288. The van der Waals surface area contributed by atoms with Crippen molar-refractivity contribution in [1.82, 2.24) is 19.5 Å². The van der Waals surface area contributed by atoms with E-state index in [-0.39, 0.29) is 11.5 Å². The van der Waals surface area contributed by atoms with Gasteiger partial charge in [-0.3, -0.25) is 14.0 Å². The molecule has 3 heterocycles. The van der Waals surface area contributed by atoms with Crippen LogP contribution in [0.4, 0.5) is 0 Å². The van der Waals surface area contributed by atoms with Crippen molar-refractivity contribution >= 4 is 22.5 Å². The zero-order chi connectivity index (χ0) is 19.8. The van der Waals surface area contributed by atoms with Crippen molar-refractivity contribution in [2.45, 2.75) is 26.4 Å². The summed E-state index contributed by atoms with van der Waals surface area (Å²) in [5, 5.41) is 7.20. The molecule has 0 unspecified atom stereocenters. The van der Waals surface area contributed by atoms with E-state index in [2.05, 4.69) is 10.4 Å². The number of amides is 1. The molecule has 4 rings (SSSR count). The van der Waals surface area contributed by atoms with Crippen molar-refractivity contribution in [2.75, 3.05) is 7.11 Å². The van der Waals surface area contributed by atoms with Crippen LogP contribution in [-0.2, 0) is 11.3 Å². The fourth-order valence-corrected chi connectivity index (χ4v) is 3.25. The molecular formula is C20H20N4O4. The monoisotopic (exact) mass is 380 g/mol. The summed E-state index contributed by atoms with van der Waals surface area (Å²) < 4.78 is 13.5. The number of ether oxygens (including phenoxy) is 1. The number of nitrogens with one attached hydrogen (secondary N) is 1. The van der Waals surface area contributed by atoms with Gasteiger partial charge in [0.15, 0.2) is 5.58 Å². The van der Waals surface area contributed by atoms with Crippen LogP contribution < -0.4 is 15.6 Å². The molecule has 3 aromatic heterocycles. The molecule has 1 aromatic carbocycles. The van der Waals surface area contributed by atoms with E-state index >= 15 is 0 Å². The minimum Gasteiger partial charge on any atom is -0.497 e. The van der Waals surface area contributed by atoms with Crippen LogP contribution >= 0.6 is 0 Å². The lowest BCUT2D eigenvalue weighted by atomic mass is 10.2. The number of benzene rings is 1. The van der Waals surface area contributed by atoms with Crippen LogP contribution in [0.2, 0.25) is 0 Å². The Hall–Kier alpha value is -3.55. The smallest absolute Gasteiger partial charge is 0.291 e. The molecule has 144 valence electrons. The first-order valence-electron chi connectivity index (χ1n) is 8.88. The van der Waals surface area contributed by atoms with Crippen LogP contribution in [0.3, 0.4) is 0 Å². The number of rotatable bonds is 5. The number of aromatic nitrogens is 3. The summed E-state index contributed by atoms with van der Waals surface area (Å²) in [6.45, 7) is 3.79. The molecule has 0 aliphatic heterocycles. The highest BCUT2D eigenvalue weighted by Crippen LogP contribution is 2.20. The van der Waals surface area contributed by atoms with Gasteiger partial charge in [0.05, 0.1) is 18.9 Å². The van der Waals surface area contributed by atoms with Crippen molar-refractivity contribution in [3.63, 3.8) is 0 Å². The Kier molecular flexibility index (Phi) is 4.38. The first-order valence-corrected chi connectivity index (χ1v) is 8.88. The summed E-state index contributed by atoms with van der Waals surface area (Å²) in [6.07, 6.45) is 1.57. The average molecular weight is 380 g/mol. The number of hydrogen-bond donors (Lipinski definition) is 1. The van der Waals surface area contributed by atoms with Gasteiger partial charge in [0, 0.05) is 18.7 Å². The van der Waals surface area contributed by atoms with E-state index in [1.165, 1.54) is 4.68 Å². The SMILES string of the molecule is COc1ccc(CNC(=O)[C@H](C)n2nc(C)n3c(cc4occc43)c2=O)cc1. The molecular weight excluding hydrogens is 360 g/mol. The quantitative estimate of drug-likeness (QED) is 0.574. The molecule has 28 heavy (non-hydrogen) atoms. The van der Waals surface area contributed by atoms with Gasteiger partial charge in [0.2, 0.25) is 5.91 Å². The second-order valence-corrected chi connectivity index (χ2v) is 6.57. The highest BCUT2D eigenvalue weighted by Gasteiger charge is 2.21. The van der Waals surface area contributed by atoms with Crippen LogP contribution in [0.25, 0.3) is 16.6 Å². The van der Waals surface area contributed by atoms with Gasteiger partial charge >= 0.3 is 0 Å². The number of furan rings is 1. The fourth-order valence-electron chi connectivity index (χ4n) is 3.25. The molecule has 1 amide bonds. The van der Waals surface area contributed by atoms with E-state index in [1.54, 1.807) is 43.8 Å². The summed E-state index contributed by atoms with van der Waals surface area (Å²) in [5.41, 5.74) is 2.40. The van der Waals surface area contributed by atoms with E-state index in [4.69, 9.17) is 9.15 Å². The number of nitrogens with zero attached hydrogens (tertiary/aromatic N) is 3. The lowest BCUT2D eigenvalue weighted by molar-refractivity contribution is -0.124. The molecule has 0 saturated heterocycles. The summed E-state index contributed by atoms with van der Waals surface area (Å²) in [5.74, 6) is 1.06. The van der Waals surface area contributed by atoms with Gasteiger partial charge in [-0.2, -0.15) is 5.10 Å². The Morgan fingerprint density at radius 3 is 2.71 bits per heavy atom. The molecule has 1 N–H and O–H groups in total. The summed E-state index contributed by atoms with van der Waals surface area (Å²) >= 11 is 0.